The Labute approximate surface area is 131 Å². The highest BCUT2D eigenvalue weighted by atomic mass is 35.5. The SMILES string of the molecule is O=C(O)N1CCC(c2ncnn2-c2ccc(F)c(Cl)c2)CC1. The van der Waals surface area contributed by atoms with Crippen molar-refractivity contribution in [3.05, 3.63) is 41.2 Å². The minimum absolute atomic E-state index is 0.0275. The third-order valence-electron chi connectivity index (χ3n) is 3.85. The molecule has 1 fully saturated rings. The summed E-state index contributed by atoms with van der Waals surface area (Å²) < 4.78 is 14.9. The largest absolute Gasteiger partial charge is 0.465 e. The zero-order valence-electron chi connectivity index (χ0n) is 11.6. The van der Waals surface area contributed by atoms with Gasteiger partial charge >= 0.3 is 6.09 Å². The summed E-state index contributed by atoms with van der Waals surface area (Å²) >= 11 is 5.81. The van der Waals surface area contributed by atoms with E-state index in [1.54, 1.807) is 10.7 Å². The van der Waals surface area contributed by atoms with E-state index in [9.17, 15) is 9.18 Å². The summed E-state index contributed by atoms with van der Waals surface area (Å²) in [5.41, 5.74) is 0.638. The van der Waals surface area contributed by atoms with Crippen LogP contribution >= 0.6 is 11.6 Å². The number of likely N-dealkylation sites (tertiary alicyclic amines) is 1. The number of carboxylic acid groups (broad SMARTS) is 1. The van der Waals surface area contributed by atoms with Crippen LogP contribution in [0.4, 0.5) is 9.18 Å². The van der Waals surface area contributed by atoms with Crippen LogP contribution in [-0.2, 0) is 0 Å². The molecule has 0 radical (unpaired) electrons. The molecule has 8 heteroatoms. The first-order valence-corrected chi connectivity index (χ1v) is 7.27. The van der Waals surface area contributed by atoms with Crippen LogP contribution < -0.4 is 0 Å². The molecule has 1 aliphatic heterocycles. The molecule has 2 heterocycles. The van der Waals surface area contributed by atoms with Gasteiger partial charge in [0, 0.05) is 19.0 Å². The number of rotatable bonds is 2. The van der Waals surface area contributed by atoms with E-state index < -0.39 is 11.9 Å². The lowest BCUT2D eigenvalue weighted by Gasteiger charge is -2.29. The molecule has 116 valence electrons. The molecule has 1 aromatic carbocycles. The van der Waals surface area contributed by atoms with Gasteiger partial charge in [0.25, 0.3) is 0 Å². The molecule has 0 bridgehead atoms. The predicted molar refractivity (Wildman–Crippen MR) is 77.9 cm³/mol. The summed E-state index contributed by atoms with van der Waals surface area (Å²) in [5.74, 6) is 0.372. The molecule has 1 saturated heterocycles. The number of piperidine rings is 1. The van der Waals surface area contributed by atoms with Crippen LogP contribution in [0.2, 0.25) is 5.02 Å². The van der Waals surface area contributed by atoms with Crippen molar-refractivity contribution >= 4 is 17.7 Å². The lowest BCUT2D eigenvalue weighted by Crippen LogP contribution is -2.37. The average molecular weight is 325 g/mol. The smallest absolute Gasteiger partial charge is 0.407 e. The van der Waals surface area contributed by atoms with Gasteiger partial charge in [-0.3, -0.25) is 0 Å². The van der Waals surface area contributed by atoms with Crippen LogP contribution in [0.5, 0.6) is 0 Å². The molecule has 0 aliphatic carbocycles. The van der Waals surface area contributed by atoms with Gasteiger partial charge in [-0.05, 0) is 31.0 Å². The fourth-order valence-corrected chi connectivity index (χ4v) is 2.85. The van der Waals surface area contributed by atoms with Crippen molar-refractivity contribution in [3.8, 4) is 5.69 Å². The molecule has 1 N–H and O–H groups in total. The fraction of sp³-hybridized carbons (Fsp3) is 0.357. The fourth-order valence-electron chi connectivity index (χ4n) is 2.67. The quantitative estimate of drug-likeness (QED) is 0.922. The molecule has 0 unspecified atom stereocenters. The Morgan fingerprint density at radius 2 is 2.09 bits per heavy atom. The van der Waals surface area contributed by atoms with Crippen molar-refractivity contribution < 1.29 is 14.3 Å². The molecule has 3 rings (SSSR count). The molecule has 2 aromatic rings. The van der Waals surface area contributed by atoms with E-state index in [1.807, 2.05) is 0 Å². The number of halogens is 2. The van der Waals surface area contributed by atoms with Crippen LogP contribution in [0, 0.1) is 5.82 Å². The summed E-state index contributed by atoms with van der Waals surface area (Å²) in [7, 11) is 0. The maximum absolute atomic E-state index is 13.3. The van der Waals surface area contributed by atoms with E-state index in [0.29, 0.717) is 31.6 Å². The number of carbonyl (C=O) groups is 1. The Morgan fingerprint density at radius 3 is 2.73 bits per heavy atom. The second-order valence-electron chi connectivity index (χ2n) is 5.17. The number of hydrogen-bond donors (Lipinski definition) is 1. The zero-order chi connectivity index (χ0) is 15.7. The molecule has 1 aliphatic rings. The maximum Gasteiger partial charge on any atom is 0.407 e. The summed E-state index contributed by atoms with van der Waals surface area (Å²) in [6.07, 6.45) is 1.90. The second kappa shape index (κ2) is 5.92. The molecular formula is C14H14ClFN4O2. The topological polar surface area (TPSA) is 71.2 Å². The lowest BCUT2D eigenvalue weighted by molar-refractivity contribution is 0.131. The zero-order valence-corrected chi connectivity index (χ0v) is 12.4. The van der Waals surface area contributed by atoms with Crippen LogP contribution in [0.3, 0.4) is 0 Å². The van der Waals surface area contributed by atoms with Crippen molar-refractivity contribution in [1.82, 2.24) is 19.7 Å². The Morgan fingerprint density at radius 1 is 1.36 bits per heavy atom. The first-order chi connectivity index (χ1) is 10.6. The highest BCUT2D eigenvalue weighted by Crippen LogP contribution is 2.28. The van der Waals surface area contributed by atoms with Crippen molar-refractivity contribution in [2.45, 2.75) is 18.8 Å². The molecule has 1 amide bonds. The summed E-state index contributed by atoms with van der Waals surface area (Å²) in [6, 6.07) is 4.38. The number of benzene rings is 1. The van der Waals surface area contributed by atoms with E-state index in [0.717, 1.165) is 5.82 Å². The summed E-state index contributed by atoms with van der Waals surface area (Å²) in [5, 5.41) is 13.2. The van der Waals surface area contributed by atoms with Gasteiger partial charge in [-0.1, -0.05) is 11.6 Å². The Balaban J connectivity index is 1.84. The predicted octanol–water partition coefficient (Wildman–Crippen LogP) is 2.92. The third-order valence-corrected chi connectivity index (χ3v) is 4.14. The normalized spacial score (nSPS) is 16.0. The van der Waals surface area contributed by atoms with E-state index in [-0.39, 0.29) is 10.9 Å². The van der Waals surface area contributed by atoms with Crippen molar-refractivity contribution in [2.75, 3.05) is 13.1 Å². The van der Waals surface area contributed by atoms with E-state index in [2.05, 4.69) is 10.1 Å². The van der Waals surface area contributed by atoms with Gasteiger partial charge < -0.3 is 10.0 Å². The van der Waals surface area contributed by atoms with Gasteiger partial charge in [-0.15, -0.1) is 0 Å². The number of aromatic nitrogens is 3. The van der Waals surface area contributed by atoms with Gasteiger partial charge in [0.05, 0.1) is 10.7 Å². The van der Waals surface area contributed by atoms with E-state index in [4.69, 9.17) is 16.7 Å². The van der Waals surface area contributed by atoms with Gasteiger partial charge in [-0.25, -0.2) is 18.9 Å². The summed E-state index contributed by atoms with van der Waals surface area (Å²) in [6.45, 7) is 0.939. The minimum atomic E-state index is -0.898. The first-order valence-electron chi connectivity index (χ1n) is 6.89. The van der Waals surface area contributed by atoms with Crippen LogP contribution in [0.15, 0.2) is 24.5 Å². The molecular weight excluding hydrogens is 311 g/mol. The molecule has 1 aromatic heterocycles. The van der Waals surface area contributed by atoms with Gasteiger partial charge in [-0.2, -0.15) is 5.10 Å². The highest BCUT2D eigenvalue weighted by Gasteiger charge is 2.27. The van der Waals surface area contributed by atoms with Crippen molar-refractivity contribution in [3.63, 3.8) is 0 Å². The van der Waals surface area contributed by atoms with E-state index in [1.165, 1.54) is 23.4 Å². The third kappa shape index (κ3) is 2.76. The van der Waals surface area contributed by atoms with Crippen LogP contribution in [0.1, 0.15) is 24.6 Å². The maximum atomic E-state index is 13.3. The van der Waals surface area contributed by atoms with Gasteiger partial charge in [0.15, 0.2) is 0 Å². The second-order valence-corrected chi connectivity index (χ2v) is 5.58. The molecule has 0 spiro atoms. The highest BCUT2D eigenvalue weighted by molar-refractivity contribution is 6.30. The number of amides is 1. The van der Waals surface area contributed by atoms with Crippen molar-refractivity contribution in [2.24, 2.45) is 0 Å². The lowest BCUT2D eigenvalue weighted by atomic mass is 9.96. The van der Waals surface area contributed by atoms with Gasteiger partial charge in [0.1, 0.15) is 18.0 Å². The Hall–Kier alpha value is -2.15. The van der Waals surface area contributed by atoms with Crippen LogP contribution in [-0.4, -0.2) is 44.0 Å². The van der Waals surface area contributed by atoms with Gasteiger partial charge in [0.2, 0.25) is 0 Å². The summed E-state index contributed by atoms with van der Waals surface area (Å²) in [4.78, 5) is 16.6. The Kier molecular flexibility index (Phi) is 3.98. The molecule has 0 saturated carbocycles. The van der Waals surface area contributed by atoms with Crippen LogP contribution in [0.25, 0.3) is 5.69 Å². The minimum Gasteiger partial charge on any atom is -0.465 e. The number of hydrogen-bond acceptors (Lipinski definition) is 3. The Bertz CT molecular complexity index is 698. The molecule has 22 heavy (non-hydrogen) atoms. The standard InChI is InChI=1S/C14H14ClFN4O2/c15-11-7-10(1-2-12(11)16)20-13(17-8-18-20)9-3-5-19(6-4-9)14(21)22/h1-2,7-9H,3-6H2,(H,21,22). The molecule has 6 nitrogen and oxygen atoms in total. The molecule has 0 atom stereocenters. The van der Waals surface area contributed by atoms with Crippen molar-refractivity contribution in [1.29, 1.82) is 0 Å². The van der Waals surface area contributed by atoms with E-state index >= 15 is 0 Å². The average Bonchev–Trinajstić information content (AvgIpc) is 2.99. The monoisotopic (exact) mass is 324 g/mol. The first kappa shape index (κ1) is 14.8. The number of nitrogens with zero attached hydrogens (tertiary/aromatic N) is 4.